The van der Waals surface area contributed by atoms with Crippen LogP contribution in [-0.2, 0) is 9.59 Å². The Bertz CT molecular complexity index is 280. The maximum atomic E-state index is 11.3. The molecule has 0 radical (unpaired) electrons. The van der Waals surface area contributed by atoms with E-state index < -0.39 is 18.1 Å². The van der Waals surface area contributed by atoms with Crippen molar-refractivity contribution in [3.8, 4) is 0 Å². The molecule has 2 atom stereocenters. The number of carbonyl (C=O) groups excluding carboxylic acids is 1. The molecule has 1 rings (SSSR count). The second-order valence-corrected chi connectivity index (χ2v) is 4.28. The summed E-state index contributed by atoms with van der Waals surface area (Å²) < 4.78 is 0. The maximum absolute atomic E-state index is 11.3. The molecule has 0 bridgehead atoms. The Kier molecular flexibility index (Phi) is 4.26. The molecule has 2 unspecified atom stereocenters. The second-order valence-electron chi connectivity index (χ2n) is 4.28. The fourth-order valence-corrected chi connectivity index (χ4v) is 1.85. The minimum Gasteiger partial charge on any atom is -0.480 e. The Morgan fingerprint density at radius 3 is 2.56 bits per heavy atom. The van der Waals surface area contributed by atoms with Crippen LogP contribution < -0.4 is 0 Å². The molecule has 16 heavy (non-hydrogen) atoms. The molecule has 1 aliphatic heterocycles. The van der Waals surface area contributed by atoms with Gasteiger partial charge in [-0.1, -0.05) is 0 Å². The monoisotopic (exact) mass is 230 g/mol. The molecule has 6 heteroatoms. The molecule has 1 saturated heterocycles. The number of nitrogens with zero attached hydrogens (tertiary/aromatic N) is 2. The van der Waals surface area contributed by atoms with Gasteiger partial charge in [0.05, 0.1) is 6.10 Å². The molecular weight excluding hydrogens is 212 g/mol. The van der Waals surface area contributed by atoms with Crippen LogP contribution >= 0.6 is 0 Å². The number of aliphatic hydroxyl groups excluding tert-OH is 1. The summed E-state index contributed by atoms with van der Waals surface area (Å²) in [6.07, 6.45) is -0.0785. The predicted molar refractivity (Wildman–Crippen MR) is 56.9 cm³/mol. The number of carbonyl (C=O) groups is 2. The largest absolute Gasteiger partial charge is 0.480 e. The molecule has 2 N–H and O–H groups in total. The lowest BCUT2D eigenvalue weighted by atomic mass is 10.2. The molecule has 0 aromatic rings. The van der Waals surface area contributed by atoms with E-state index in [2.05, 4.69) is 0 Å². The van der Waals surface area contributed by atoms with Crippen LogP contribution in [0, 0.1) is 0 Å². The summed E-state index contributed by atoms with van der Waals surface area (Å²) in [5, 5.41) is 18.3. The van der Waals surface area contributed by atoms with Crippen LogP contribution in [-0.4, -0.2) is 71.2 Å². The van der Waals surface area contributed by atoms with Gasteiger partial charge in [0.25, 0.3) is 0 Å². The van der Waals surface area contributed by atoms with E-state index in [1.54, 1.807) is 19.0 Å². The van der Waals surface area contributed by atoms with E-state index in [1.807, 2.05) is 0 Å². The van der Waals surface area contributed by atoms with Crippen LogP contribution in [0.15, 0.2) is 0 Å². The van der Waals surface area contributed by atoms with E-state index in [4.69, 9.17) is 5.11 Å². The van der Waals surface area contributed by atoms with Gasteiger partial charge in [-0.3, -0.25) is 14.5 Å². The molecule has 0 aromatic carbocycles. The Morgan fingerprint density at radius 1 is 1.44 bits per heavy atom. The highest BCUT2D eigenvalue weighted by Crippen LogP contribution is 2.18. The molecule has 1 amide bonds. The van der Waals surface area contributed by atoms with Gasteiger partial charge in [0.15, 0.2) is 0 Å². The van der Waals surface area contributed by atoms with Crippen molar-refractivity contribution in [1.29, 1.82) is 0 Å². The smallest absolute Gasteiger partial charge is 0.321 e. The molecule has 0 aliphatic carbocycles. The number of aliphatic hydroxyl groups is 1. The second kappa shape index (κ2) is 5.27. The summed E-state index contributed by atoms with van der Waals surface area (Å²) in [5.41, 5.74) is 0. The minimum atomic E-state index is -0.936. The van der Waals surface area contributed by atoms with E-state index in [9.17, 15) is 14.7 Å². The van der Waals surface area contributed by atoms with E-state index >= 15 is 0 Å². The summed E-state index contributed by atoms with van der Waals surface area (Å²) in [6.45, 7) is 0.711. The highest BCUT2D eigenvalue weighted by atomic mass is 16.4. The van der Waals surface area contributed by atoms with Crippen LogP contribution in [0.25, 0.3) is 0 Å². The quantitative estimate of drug-likeness (QED) is 0.646. The maximum Gasteiger partial charge on any atom is 0.321 e. The third-order valence-electron chi connectivity index (χ3n) is 2.78. The van der Waals surface area contributed by atoms with Crippen LogP contribution in [0.3, 0.4) is 0 Å². The van der Waals surface area contributed by atoms with Gasteiger partial charge in [-0.2, -0.15) is 0 Å². The normalized spacial score (nSPS) is 25.7. The average Bonchev–Trinajstić information content (AvgIpc) is 2.56. The first-order valence-electron chi connectivity index (χ1n) is 5.27. The number of β-amino-alcohol motifs (C(OH)–C–C–N with tert-alkyl or cyclic N) is 1. The van der Waals surface area contributed by atoms with Gasteiger partial charge in [-0.25, -0.2) is 0 Å². The van der Waals surface area contributed by atoms with Gasteiger partial charge >= 0.3 is 5.97 Å². The fourth-order valence-electron chi connectivity index (χ4n) is 1.85. The lowest BCUT2D eigenvalue weighted by molar-refractivity contribution is -0.142. The summed E-state index contributed by atoms with van der Waals surface area (Å²) in [7, 11) is 3.33. The molecule has 1 heterocycles. The van der Waals surface area contributed by atoms with Crippen molar-refractivity contribution in [3.63, 3.8) is 0 Å². The van der Waals surface area contributed by atoms with Crippen molar-refractivity contribution in [1.82, 2.24) is 9.80 Å². The molecule has 6 nitrogen and oxygen atoms in total. The van der Waals surface area contributed by atoms with Gasteiger partial charge in [-0.15, -0.1) is 0 Å². The number of hydrogen-bond acceptors (Lipinski definition) is 4. The highest BCUT2D eigenvalue weighted by Gasteiger charge is 2.35. The van der Waals surface area contributed by atoms with Crippen molar-refractivity contribution in [3.05, 3.63) is 0 Å². The molecule has 0 aromatic heterocycles. The average molecular weight is 230 g/mol. The van der Waals surface area contributed by atoms with Crippen molar-refractivity contribution < 1.29 is 19.8 Å². The van der Waals surface area contributed by atoms with Crippen LogP contribution in [0.2, 0.25) is 0 Å². The van der Waals surface area contributed by atoms with Crippen LogP contribution in [0.5, 0.6) is 0 Å². The standard InChI is InChI=1S/C10H18N2O4/c1-11(2)9(14)3-4-12-6-7(13)5-8(12)10(15)16/h7-8,13H,3-6H2,1-2H3,(H,15,16). The molecule has 92 valence electrons. The lowest BCUT2D eigenvalue weighted by Gasteiger charge is -2.21. The molecule has 0 saturated carbocycles. The number of aliphatic carboxylic acids is 1. The van der Waals surface area contributed by atoms with Crippen molar-refractivity contribution in [2.45, 2.75) is 25.0 Å². The topological polar surface area (TPSA) is 81.1 Å². The van der Waals surface area contributed by atoms with Gasteiger partial charge in [0, 0.05) is 40.0 Å². The Hall–Kier alpha value is -1.14. The van der Waals surface area contributed by atoms with Crippen molar-refractivity contribution in [2.24, 2.45) is 0 Å². The molecule has 0 spiro atoms. The van der Waals surface area contributed by atoms with Gasteiger partial charge in [-0.05, 0) is 0 Å². The van der Waals surface area contributed by atoms with Crippen molar-refractivity contribution in [2.75, 3.05) is 27.2 Å². The summed E-state index contributed by atoms with van der Waals surface area (Å²) >= 11 is 0. The SMILES string of the molecule is CN(C)C(=O)CCN1CC(O)CC1C(=O)O. The van der Waals surface area contributed by atoms with E-state index in [0.717, 1.165) is 0 Å². The predicted octanol–water partition coefficient (Wildman–Crippen LogP) is -1.02. The zero-order chi connectivity index (χ0) is 12.3. The Balaban J connectivity index is 2.46. The van der Waals surface area contributed by atoms with Gasteiger partial charge in [0.1, 0.15) is 6.04 Å². The first-order chi connectivity index (χ1) is 7.41. The van der Waals surface area contributed by atoms with E-state index in [0.29, 0.717) is 13.1 Å². The number of amides is 1. The van der Waals surface area contributed by atoms with Crippen LogP contribution in [0.4, 0.5) is 0 Å². The number of carboxylic acid groups (broad SMARTS) is 1. The number of carboxylic acids is 1. The molecule has 1 aliphatic rings. The van der Waals surface area contributed by atoms with Gasteiger partial charge in [0.2, 0.25) is 5.91 Å². The zero-order valence-electron chi connectivity index (χ0n) is 9.59. The van der Waals surface area contributed by atoms with Gasteiger partial charge < -0.3 is 15.1 Å². The minimum absolute atomic E-state index is 0.0365. The fraction of sp³-hybridized carbons (Fsp3) is 0.800. The summed E-state index contributed by atoms with van der Waals surface area (Å²) in [4.78, 5) is 25.4. The number of rotatable bonds is 4. The number of likely N-dealkylation sites (tertiary alicyclic amines) is 1. The number of hydrogen-bond donors (Lipinski definition) is 2. The highest BCUT2D eigenvalue weighted by molar-refractivity contribution is 5.76. The third kappa shape index (κ3) is 3.18. The third-order valence-corrected chi connectivity index (χ3v) is 2.78. The van der Waals surface area contributed by atoms with Crippen LogP contribution in [0.1, 0.15) is 12.8 Å². The Labute approximate surface area is 94.4 Å². The Morgan fingerprint density at radius 2 is 2.06 bits per heavy atom. The van der Waals surface area contributed by atoms with E-state index in [-0.39, 0.29) is 18.7 Å². The zero-order valence-corrected chi connectivity index (χ0v) is 9.59. The first kappa shape index (κ1) is 12.9. The first-order valence-corrected chi connectivity index (χ1v) is 5.27. The van der Waals surface area contributed by atoms with Crippen molar-refractivity contribution >= 4 is 11.9 Å². The van der Waals surface area contributed by atoms with E-state index in [1.165, 1.54) is 4.90 Å². The lowest BCUT2D eigenvalue weighted by Crippen LogP contribution is -2.38. The summed E-state index contributed by atoms with van der Waals surface area (Å²) in [6, 6.07) is -0.662. The molecular formula is C10H18N2O4. The molecule has 1 fully saturated rings. The summed E-state index contributed by atoms with van der Waals surface area (Å²) in [5.74, 6) is -0.973.